The summed E-state index contributed by atoms with van der Waals surface area (Å²) in [6, 6.07) is 0. The molecule has 110 valence electrons. The van der Waals surface area contributed by atoms with E-state index in [0.29, 0.717) is 23.3 Å². The molecule has 0 atom stereocenters. The minimum Gasteiger partial charge on any atom is -0.469 e. The molecule has 1 aromatic heterocycles. The average molecular weight is 345 g/mol. The van der Waals surface area contributed by atoms with Crippen molar-refractivity contribution in [1.82, 2.24) is 9.78 Å². The molecule has 0 spiro atoms. The molecule has 1 aliphatic carbocycles. The molecule has 1 fully saturated rings. The molecule has 0 saturated heterocycles. The number of methoxy groups -OCH3 is 1. The van der Waals surface area contributed by atoms with Gasteiger partial charge < -0.3 is 9.47 Å². The summed E-state index contributed by atoms with van der Waals surface area (Å²) in [7, 11) is 1.38. The van der Waals surface area contributed by atoms with Crippen LogP contribution in [0.25, 0.3) is 0 Å². The molecule has 1 aromatic rings. The van der Waals surface area contributed by atoms with E-state index >= 15 is 0 Å². The quantitative estimate of drug-likeness (QED) is 0.765. The second-order valence-electron chi connectivity index (χ2n) is 4.91. The van der Waals surface area contributed by atoms with Gasteiger partial charge in [0.25, 0.3) is 0 Å². The normalized spacial score (nSPS) is 15.8. The van der Waals surface area contributed by atoms with Crippen LogP contribution >= 0.6 is 15.9 Å². The summed E-state index contributed by atoms with van der Waals surface area (Å²) < 4.78 is 12.1. The minimum atomic E-state index is -0.498. The third kappa shape index (κ3) is 2.59. The number of esters is 2. The topological polar surface area (TPSA) is 70.4 Å². The predicted molar refractivity (Wildman–Crippen MR) is 74.3 cm³/mol. The van der Waals surface area contributed by atoms with Crippen LogP contribution in [-0.2, 0) is 20.8 Å². The zero-order chi connectivity index (χ0) is 14.9. The van der Waals surface area contributed by atoms with Crippen molar-refractivity contribution in [2.45, 2.75) is 33.2 Å². The Labute approximate surface area is 125 Å². The third-order valence-corrected chi connectivity index (χ3v) is 4.51. The molecule has 0 amide bonds. The van der Waals surface area contributed by atoms with Crippen LogP contribution in [-0.4, -0.2) is 35.4 Å². The summed E-state index contributed by atoms with van der Waals surface area (Å²) >= 11 is 3.41. The first-order valence-electron chi connectivity index (χ1n) is 6.43. The molecule has 2 rings (SSSR count). The summed E-state index contributed by atoms with van der Waals surface area (Å²) in [5.41, 5.74) is 0.491. The number of rotatable bonds is 5. The Morgan fingerprint density at radius 3 is 2.60 bits per heavy atom. The van der Waals surface area contributed by atoms with Gasteiger partial charge in [-0.25, -0.2) is 4.79 Å². The molecule has 0 aliphatic heterocycles. The lowest BCUT2D eigenvalue weighted by molar-refractivity contribution is -0.147. The molecule has 7 heteroatoms. The van der Waals surface area contributed by atoms with Gasteiger partial charge in [0, 0.05) is 5.56 Å². The van der Waals surface area contributed by atoms with Gasteiger partial charge in [-0.15, -0.1) is 0 Å². The Bertz CT molecular complexity index is 549. The number of aromatic nitrogens is 2. The van der Waals surface area contributed by atoms with Crippen LogP contribution in [0.15, 0.2) is 4.60 Å². The molecule has 1 heterocycles. The van der Waals surface area contributed by atoms with Crippen LogP contribution in [0.3, 0.4) is 0 Å². The second kappa shape index (κ2) is 5.55. The number of ether oxygens (including phenoxy) is 2. The van der Waals surface area contributed by atoms with Crippen molar-refractivity contribution in [3.8, 4) is 0 Å². The van der Waals surface area contributed by atoms with Gasteiger partial charge in [-0.3, -0.25) is 9.48 Å². The van der Waals surface area contributed by atoms with Crippen LogP contribution in [0, 0.1) is 12.3 Å². The van der Waals surface area contributed by atoms with E-state index in [9.17, 15) is 9.59 Å². The second-order valence-corrected chi connectivity index (χ2v) is 5.67. The van der Waals surface area contributed by atoms with E-state index in [0.717, 1.165) is 12.8 Å². The molecule has 0 radical (unpaired) electrons. The Balaban J connectivity index is 2.24. The highest BCUT2D eigenvalue weighted by atomic mass is 79.9. The predicted octanol–water partition coefficient (Wildman–Crippen LogP) is 2.08. The number of carbonyl (C=O) groups is 2. The monoisotopic (exact) mass is 344 g/mol. The van der Waals surface area contributed by atoms with Gasteiger partial charge in [0.1, 0.15) is 4.60 Å². The first-order valence-corrected chi connectivity index (χ1v) is 7.23. The lowest BCUT2D eigenvalue weighted by atomic mass is 10.1. The molecule has 0 N–H and O–H groups in total. The van der Waals surface area contributed by atoms with Gasteiger partial charge in [-0.05, 0) is 42.6 Å². The summed E-state index contributed by atoms with van der Waals surface area (Å²) in [6.07, 6.45) is 1.56. The van der Waals surface area contributed by atoms with Gasteiger partial charge in [0.2, 0.25) is 0 Å². The van der Waals surface area contributed by atoms with Gasteiger partial charge in [-0.2, -0.15) is 5.10 Å². The van der Waals surface area contributed by atoms with Gasteiger partial charge >= 0.3 is 11.9 Å². The summed E-state index contributed by atoms with van der Waals surface area (Å²) in [6.45, 7) is 4.24. The fraction of sp³-hybridized carbons (Fsp3) is 0.615. The fourth-order valence-electron chi connectivity index (χ4n) is 2.11. The van der Waals surface area contributed by atoms with E-state index in [1.807, 2.05) is 0 Å². The number of carbonyl (C=O) groups excluding carboxylic acids is 2. The van der Waals surface area contributed by atoms with Crippen LogP contribution in [0.2, 0.25) is 0 Å². The van der Waals surface area contributed by atoms with Crippen LogP contribution in [0.4, 0.5) is 0 Å². The van der Waals surface area contributed by atoms with Crippen molar-refractivity contribution in [3.63, 3.8) is 0 Å². The molecule has 0 bridgehead atoms. The largest absolute Gasteiger partial charge is 0.469 e. The molecule has 1 saturated carbocycles. The molecule has 0 aromatic carbocycles. The van der Waals surface area contributed by atoms with Crippen molar-refractivity contribution in [3.05, 3.63) is 15.9 Å². The smallest absolute Gasteiger partial charge is 0.359 e. The molecular weight excluding hydrogens is 328 g/mol. The van der Waals surface area contributed by atoms with E-state index < -0.39 is 11.4 Å². The van der Waals surface area contributed by atoms with Gasteiger partial charge in [-0.1, -0.05) is 0 Å². The molecule has 0 unspecified atom stereocenters. The maximum atomic E-state index is 11.8. The summed E-state index contributed by atoms with van der Waals surface area (Å²) in [5.74, 6) is -0.678. The average Bonchev–Trinajstić information content (AvgIpc) is 3.16. The number of hydrogen-bond donors (Lipinski definition) is 0. The van der Waals surface area contributed by atoms with E-state index in [4.69, 9.17) is 9.47 Å². The lowest BCUT2D eigenvalue weighted by Crippen LogP contribution is -2.24. The number of nitrogens with zero attached hydrogens (tertiary/aromatic N) is 2. The zero-order valence-corrected chi connectivity index (χ0v) is 13.3. The molecule has 20 heavy (non-hydrogen) atoms. The highest BCUT2D eigenvalue weighted by Crippen LogP contribution is 2.48. The zero-order valence-electron chi connectivity index (χ0n) is 11.7. The van der Waals surface area contributed by atoms with Crippen molar-refractivity contribution in [2.75, 3.05) is 13.7 Å². The Morgan fingerprint density at radius 2 is 2.10 bits per heavy atom. The van der Waals surface area contributed by atoms with Gasteiger partial charge in [0.05, 0.1) is 25.7 Å². The molecular formula is C13H17BrN2O4. The lowest BCUT2D eigenvalue weighted by Gasteiger charge is -2.13. The highest BCUT2D eigenvalue weighted by molar-refractivity contribution is 9.10. The Hall–Kier alpha value is -1.37. The maximum absolute atomic E-state index is 11.8. The highest BCUT2D eigenvalue weighted by Gasteiger charge is 2.52. The summed E-state index contributed by atoms with van der Waals surface area (Å²) in [4.78, 5) is 23.6. The van der Waals surface area contributed by atoms with E-state index in [1.165, 1.54) is 7.11 Å². The summed E-state index contributed by atoms with van der Waals surface area (Å²) in [5, 5.41) is 4.26. The van der Waals surface area contributed by atoms with Crippen molar-refractivity contribution < 1.29 is 19.1 Å². The molecule has 6 nitrogen and oxygen atoms in total. The van der Waals surface area contributed by atoms with E-state index in [-0.39, 0.29) is 11.7 Å². The van der Waals surface area contributed by atoms with Crippen molar-refractivity contribution >= 4 is 27.9 Å². The fourth-order valence-corrected chi connectivity index (χ4v) is 2.50. The Morgan fingerprint density at radius 1 is 1.45 bits per heavy atom. The van der Waals surface area contributed by atoms with Crippen LogP contribution in [0.1, 0.15) is 35.8 Å². The van der Waals surface area contributed by atoms with Crippen molar-refractivity contribution in [2.24, 2.45) is 5.41 Å². The first kappa shape index (κ1) is 15.0. The minimum absolute atomic E-state index is 0.227. The Kier molecular flexibility index (Phi) is 4.17. The van der Waals surface area contributed by atoms with Crippen LogP contribution in [0.5, 0.6) is 0 Å². The number of halogens is 1. The SMILES string of the molecule is CCOC(=O)c1nn(CC2(C(=O)OC)CC2)c(Br)c1C. The molecule has 1 aliphatic rings. The van der Waals surface area contributed by atoms with Crippen molar-refractivity contribution in [1.29, 1.82) is 0 Å². The third-order valence-electron chi connectivity index (χ3n) is 3.51. The standard InChI is InChI=1S/C13H17BrN2O4/c1-4-20-11(17)9-8(2)10(14)16(15-9)7-13(5-6-13)12(18)19-3/h4-7H2,1-3H3. The van der Waals surface area contributed by atoms with Crippen LogP contribution < -0.4 is 0 Å². The maximum Gasteiger partial charge on any atom is 0.359 e. The number of hydrogen-bond acceptors (Lipinski definition) is 5. The van der Waals surface area contributed by atoms with E-state index in [1.54, 1.807) is 18.5 Å². The first-order chi connectivity index (χ1) is 9.45. The van der Waals surface area contributed by atoms with E-state index in [2.05, 4.69) is 21.0 Å². The van der Waals surface area contributed by atoms with Gasteiger partial charge in [0.15, 0.2) is 5.69 Å².